The number of carboxylic acids is 1. The van der Waals surface area contributed by atoms with Gasteiger partial charge in [-0.15, -0.1) is 0 Å². The summed E-state index contributed by atoms with van der Waals surface area (Å²) in [7, 11) is 0. The van der Waals surface area contributed by atoms with Gasteiger partial charge in [-0.3, -0.25) is 0 Å². The summed E-state index contributed by atoms with van der Waals surface area (Å²) in [6, 6.07) is 31.4. The molecule has 1 aromatic heterocycles. The summed E-state index contributed by atoms with van der Waals surface area (Å²) in [6.45, 7) is 0. The maximum atomic E-state index is 13.2. The van der Waals surface area contributed by atoms with Crippen LogP contribution in [0.5, 0.6) is 0 Å². The SMILES string of the molecule is O=C(Nc1ccc2cc1CCc1cccc(c1)Nc1ncc(Cl)c(n1)N2)Nc1ccccc1-c1ccccc1.O=C(O)C(F)(F)F. The van der Waals surface area contributed by atoms with Gasteiger partial charge in [-0.05, 0) is 65.9 Å². The molecule has 234 valence electrons. The van der Waals surface area contributed by atoms with Crippen LogP contribution in [0, 0.1) is 0 Å². The van der Waals surface area contributed by atoms with Gasteiger partial charge in [-0.2, -0.15) is 18.2 Å². The summed E-state index contributed by atoms with van der Waals surface area (Å²) in [4.78, 5) is 30.9. The first kappa shape index (κ1) is 31.8. The number of nitrogens with one attached hydrogen (secondary N) is 4. The molecule has 13 heteroatoms. The molecule has 5 aromatic rings. The second kappa shape index (κ2) is 14.0. The zero-order valence-corrected chi connectivity index (χ0v) is 24.7. The number of nitrogens with zero attached hydrogens (tertiary/aromatic N) is 2. The molecule has 9 nitrogen and oxygen atoms in total. The van der Waals surface area contributed by atoms with Crippen LogP contribution in [0.1, 0.15) is 11.1 Å². The van der Waals surface area contributed by atoms with Crippen LogP contribution in [-0.2, 0) is 17.6 Å². The van der Waals surface area contributed by atoms with Gasteiger partial charge < -0.3 is 26.4 Å². The van der Waals surface area contributed by atoms with E-state index in [4.69, 9.17) is 21.5 Å². The largest absolute Gasteiger partial charge is 0.490 e. The Balaban J connectivity index is 0.000000537. The van der Waals surface area contributed by atoms with Crippen molar-refractivity contribution in [3.05, 3.63) is 119 Å². The predicted molar refractivity (Wildman–Crippen MR) is 172 cm³/mol. The number of benzene rings is 4. The van der Waals surface area contributed by atoms with Gasteiger partial charge in [0.2, 0.25) is 5.95 Å². The number of hydrogen-bond acceptors (Lipinski definition) is 6. The van der Waals surface area contributed by atoms with Crippen LogP contribution in [0.3, 0.4) is 0 Å². The molecule has 0 atom stereocenters. The minimum Gasteiger partial charge on any atom is -0.475 e. The number of amides is 2. The molecule has 5 N–H and O–H groups in total. The van der Waals surface area contributed by atoms with Gasteiger partial charge in [-0.25, -0.2) is 14.6 Å². The normalized spacial score (nSPS) is 11.9. The average Bonchev–Trinajstić information content (AvgIpc) is 3.03. The van der Waals surface area contributed by atoms with Gasteiger partial charge in [0.05, 0.1) is 11.9 Å². The lowest BCUT2D eigenvalue weighted by Gasteiger charge is -2.16. The van der Waals surface area contributed by atoms with E-state index in [1.807, 2.05) is 84.9 Å². The topological polar surface area (TPSA) is 128 Å². The van der Waals surface area contributed by atoms with Crippen LogP contribution in [0.25, 0.3) is 11.1 Å². The number of aryl methyl sites for hydroxylation is 2. The molecule has 4 aromatic carbocycles. The van der Waals surface area contributed by atoms with Crippen molar-refractivity contribution in [2.75, 3.05) is 21.3 Å². The number of fused-ring (bicyclic) bond motifs is 6. The molecule has 0 radical (unpaired) electrons. The Labute approximate surface area is 266 Å². The molecule has 6 rings (SSSR count). The first-order valence-electron chi connectivity index (χ1n) is 13.9. The number of halogens is 4. The molecule has 0 aliphatic carbocycles. The number of aliphatic carboxylic acids is 1. The standard InChI is InChI=1S/C31H25ClN6O.C2HF3O2/c32-26-19-33-30-35-23-10-6-7-20(17-23)13-14-22-18-24(34-29(26)38-30)15-16-27(22)36-31(39)37-28-12-5-4-11-25(28)21-8-2-1-3-9-21;3-2(4,5)1(6)7/h1-12,15-19H,13-14H2,(H2,36,37,39)(H2,33,34,35,38);(H,6,7). The molecular formula is C33H26ClF3N6O3. The Morgan fingerprint density at radius 2 is 1.50 bits per heavy atom. The number of aromatic nitrogens is 2. The number of anilines is 6. The van der Waals surface area contributed by atoms with Crippen LogP contribution >= 0.6 is 11.6 Å². The van der Waals surface area contributed by atoms with Crippen molar-refractivity contribution in [3.63, 3.8) is 0 Å². The summed E-state index contributed by atoms with van der Waals surface area (Å²) < 4.78 is 31.7. The third-order valence-corrected chi connectivity index (χ3v) is 7.01. The molecule has 0 saturated carbocycles. The van der Waals surface area contributed by atoms with Crippen LogP contribution in [-0.4, -0.2) is 33.3 Å². The highest BCUT2D eigenvalue weighted by atomic mass is 35.5. The first-order chi connectivity index (χ1) is 22.0. The van der Waals surface area contributed by atoms with Crippen molar-refractivity contribution < 1.29 is 27.9 Å². The number of alkyl halides is 3. The molecule has 0 spiro atoms. The van der Waals surface area contributed by atoms with Crippen molar-refractivity contribution in [1.82, 2.24) is 9.97 Å². The van der Waals surface area contributed by atoms with Crippen LogP contribution < -0.4 is 21.3 Å². The highest BCUT2D eigenvalue weighted by Crippen LogP contribution is 2.31. The molecular weight excluding hydrogens is 621 g/mol. The van der Waals surface area contributed by atoms with Gasteiger partial charge in [0.1, 0.15) is 5.02 Å². The van der Waals surface area contributed by atoms with Gasteiger partial charge in [-0.1, -0.05) is 72.3 Å². The van der Waals surface area contributed by atoms with Crippen molar-refractivity contribution in [2.24, 2.45) is 0 Å². The van der Waals surface area contributed by atoms with E-state index in [1.165, 1.54) is 0 Å². The monoisotopic (exact) mass is 646 g/mol. The number of hydrogen-bond donors (Lipinski definition) is 5. The van der Waals surface area contributed by atoms with E-state index in [2.05, 4.69) is 43.4 Å². The van der Waals surface area contributed by atoms with Crippen LogP contribution in [0.2, 0.25) is 5.02 Å². The van der Waals surface area contributed by atoms with E-state index in [1.54, 1.807) is 6.20 Å². The van der Waals surface area contributed by atoms with Gasteiger partial charge in [0.25, 0.3) is 0 Å². The maximum absolute atomic E-state index is 13.2. The molecule has 0 saturated heterocycles. The number of urea groups is 1. The molecule has 2 amide bonds. The second-order valence-electron chi connectivity index (χ2n) is 10.0. The summed E-state index contributed by atoms with van der Waals surface area (Å²) in [5, 5.41) is 20.2. The maximum Gasteiger partial charge on any atom is 0.490 e. The Morgan fingerprint density at radius 1 is 0.804 bits per heavy atom. The van der Waals surface area contributed by atoms with E-state index in [0.717, 1.165) is 51.4 Å². The van der Waals surface area contributed by atoms with Gasteiger partial charge >= 0.3 is 18.2 Å². The van der Waals surface area contributed by atoms with Gasteiger partial charge in [0.15, 0.2) is 5.82 Å². The minimum absolute atomic E-state index is 0.312. The van der Waals surface area contributed by atoms with Crippen molar-refractivity contribution in [2.45, 2.75) is 19.0 Å². The summed E-state index contributed by atoms with van der Waals surface area (Å²) in [6.07, 6.45) is -2.02. The molecule has 1 aliphatic heterocycles. The highest BCUT2D eigenvalue weighted by molar-refractivity contribution is 6.32. The average molecular weight is 647 g/mol. The van der Waals surface area contributed by atoms with Crippen LogP contribution in [0.15, 0.2) is 103 Å². The lowest BCUT2D eigenvalue weighted by atomic mass is 10.0. The Hall–Kier alpha value is -5.62. The Morgan fingerprint density at radius 3 is 2.26 bits per heavy atom. The number of para-hydroxylation sites is 1. The minimum atomic E-state index is -5.08. The molecule has 0 fully saturated rings. The molecule has 0 unspecified atom stereocenters. The summed E-state index contributed by atoms with van der Waals surface area (Å²) in [5.41, 5.74) is 7.28. The fourth-order valence-electron chi connectivity index (χ4n) is 4.60. The van der Waals surface area contributed by atoms with E-state index >= 15 is 0 Å². The third-order valence-electron chi connectivity index (χ3n) is 6.73. The quantitative estimate of drug-likeness (QED) is 0.133. The van der Waals surface area contributed by atoms with E-state index in [-0.39, 0.29) is 6.03 Å². The number of carbonyl (C=O) groups excluding carboxylic acids is 1. The number of carbonyl (C=O) groups is 2. The fourth-order valence-corrected chi connectivity index (χ4v) is 4.74. The van der Waals surface area contributed by atoms with E-state index in [0.29, 0.717) is 23.2 Å². The number of carboxylic acid groups (broad SMARTS) is 1. The van der Waals surface area contributed by atoms with Crippen molar-refractivity contribution in [1.29, 1.82) is 0 Å². The lowest BCUT2D eigenvalue weighted by molar-refractivity contribution is -0.192. The fraction of sp³-hybridized carbons (Fsp3) is 0.0909. The van der Waals surface area contributed by atoms with E-state index in [9.17, 15) is 18.0 Å². The third kappa shape index (κ3) is 8.30. The van der Waals surface area contributed by atoms with Crippen molar-refractivity contribution >= 4 is 58.1 Å². The first-order valence-corrected chi connectivity index (χ1v) is 14.2. The summed E-state index contributed by atoms with van der Waals surface area (Å²) in [5.74, 6) is -1.82. The lowest BCUT2D eigenvalue weighted by Crippen LogP contribution is -2.21. The molecule has 46 heavy (non-hydrogen) atoms. The zero-order valence-electron chi connectivity index (χ0n) is 23.9. The number of rotatable bonds is 3. The predicted octanol–water partition coefficient (Wildman–Crippen LogP) is 8.66. The zero-order chi connectivity index (χ0) is 32.7. The molecule has 1 aliphatic rings. The van der Waals surface area contributed by atoms with Gasteiger partial charge in [0, 0.05) is 22.6 Å². The molecule has 2 heterocycles. The molecule has 6 bridgehead atoms. The summed E-state index contributed by atoms with van der Waals surface area (Å²) >= 11 is 6.39. The van der Waals surface area contributed by atoms with E-state index < -0.39 is 12.1 Å². The Kier molecular flexibility index (Phi) is 9.67. The van der Waals surface area contributed by atoms with Crippen molar-refractivity contribution in [3.8, 4) is 11.1 Å². The highest BCUT2D eigenvalue weighted by Gasteiger charge is 2.38. The van der Waals surface area contributed by atoms with Crippen LogP contribution in [0.4, 0.5) is 52.5 Å². The Bertz CT molecular complexity index is 1870. The second-order valence-corrected chi connectivity index (χ2v) is 10.4. The smallest absolute Gasteiger partial charge is 0.475 e.